The Hall–Kier alpha value is -1.69. The van der Waals surface area contributed by atoms with Gasteiger partial charge in [0.15, 0.2) is 5.82 Å². The van der Waals surface area contributed by atoms with Gasteiger partial charge in [-0.1, -0.05) is 6.92 Å². The highest BCUT2D eigenvalue weighted by Gasteiger charge is 2.26. The van der Waals surface area contributed by atoms with Crippen LogP contribution in [-0.4, -0.2) is 38.8 Å². The Bertz CT molecular complexity index is 567. The standard InChI is InChI=1S/C13H19N5O/c1-3-11-10(4-7-19-11)8-15-12-13-17-16-9(2)18(13)6-5-14-12/h5-6,10-11H,3-4,7-8H2,1-2H3,(H,14,15). The molecule has 19 heavy (non-hydrogen) atoms. The summed E-state index contributed by atoms with van der Waals surface area (Å²) in [6, 6.07) is 0. The van der Waals surface area contributed by atoms with Crippen LogP contribution in [0.5, 0.6) is 0 Å². The van der Waals surface area contributed by atoms with Crippen LogP contribution in [0.2, 0.25) is 0 Å². The smallest absolute Gasteiger partial charge is 0.203 e. The molecule has 1 aliphatic heterocycles. The summed E-state index contributed by atoms with van der Waals surface area (Å²) in [4.78, 5) is 4.36. The zero-order valence-corrected chi connectivity index (χ0v) is 11.3. The predicted molar refractivity (Wildman–Crippen MR) is 72.1 cm³/mol. The summed E-state index contributed by atoms with van der Waals surface area (Å²) in [7, 11) is 0. The maximum atomic E-state index is 5.70. The molecule has 0 radical (unpaired) electrons. The minimum atomic E-state index is 0.367. The summed E-state index contributed by atoms with van der Waals surface area (Å²) in [6.45, 7) is 5.84. The van der Waals surface area contributed by atoms with Gasteiger partial charge in [0, 0.05) is 31.5 Å². The van der Waals surface area contributed by atoms with Crippen LogP contribution >= 0.6 is 0 Å². The Morgan fingerprint density at radius 2 is 2.37 bits per heavy atom. The minimum Gasteiger partial charge on any atom is -0.378 e. The highest BCUT2D eigenvalue weighted by atomic mass is 16.5. The molecule has 2 aromatic heterocycles. The van der Waals surface area contributed by atoms with Gasteiger partial charge in [0.25, 0.3) is 0 Å². The van der Waals surface area contributed by atoms with Crippen LogP contribution in [0.25, 0.3) is 5.65 Å². The molecule has 0 aliphatic carbocycles. The van der Waals surface area contributed by atoms with Crippen LogP contribution in [0.4, 0.5) is 5.82 Å². The molecule has 0 aromatic carbocycles. The Morgan fingerprint density at radius 1 is 1.47 bits per heavy atom. The van der Waals surface area contributed by atoms with Crippen molar-refractivity contribution in [3.8, 4) is 0 Å². The number of aromatic nitrogens is 4. The predicted octanol–water partition coefficient (Wildman–Crippen LogP) is 1.66. The maximum Gasteiger partial charge on any atom is 0.203 e. The quantitative estimate of drug-likeness (QED) is 0.906. The van der Waals surface area contributed by atoms with Crippen LogP contribution in [0, 0.1) is 12.8 Å². The van der Waals surface area contributed by atoms with Crippen molar-refractivity contribution in [3.63, 3.8) is 0 Å². The van der Waals surface area contributed by atoms with E-state index < -0.39 is 0 Å². The van der Waals surface area contributed by atoms with Gasteiger partial charge in [-0.25, -0.2) is 4.98 Å². The first-order chi connectivity index (χ1) is 9.29. The molecule has 0 bridgehead atoms. The number of hydrogen-bond donors (Lipinski definition) is 1. The van der Waals surface area contributed by atoms with Crippen LogP contribution < -0.4 is 5.32 Å². The van der Waals surface area contributed by atoms with Crippen molar-refractivity contribution in [3.05, 3.63) is 18.2 Å². The third-order valence-corrected chi connectivity index (χ3v) is 3.78. The van der Waals surface area contributed by atoms with Crippen molar-refractivity contribution in [2.45, 2.75) is 32.8 Å². The Labute approximate surface area is 112 Å². The van der Waals surface area contributed by atoms with Gasteiger partial charge in [0.2, 0.25) is 5.65 Å². The van der Waals surface area contributed by atoms with E-state index in [-0.39, 0.29) is 0 Å². The molecule has 6 heteroatoms. The molecule has 2 aromatic rings. The number of fused-ring (bicyclic) bond motifs is 1. The average molecular weight is 261 g/mol. The molecule has 1 fully saturated rings. The van der Waals surface area contributed by atoms with Crippen molar-refractivity contribution in [2.24, 2.45) is 5.92 Å². The Balaban J connectivity index is 1.75. The highest BCUT2D eigenvalue weighted by Crippen LogP contribution is 2.24. The van der Waals surface area contributed by atoms with Crippen molar-refractivity contribution < 1.29 is 4.74 Å². The van der Waals surface area contributed by atoms with E-state index in [1.807, 2.05) is 17.5 Å². The Morgan fingerprint density at radius 3 is 3.21 bits per heavy atom. The zero-order chi connectivity index (χ0) is 13.2. The minimum absolute atomic E-state index is 0.367. The van der Waals surface area contributed by atoms with Gasteiger partial charge in [-0.05, 0) is 19.8 Å². The van der Waals surface area contributed by atoms with Crippen LogP contribution in [0.3, 0.4) is 0 Å². The molecule has 1 N–H and O–H groups in total. The van der Waals surface area contributed by atoms with Gasteiger partial charge in [0.05, 0.1) is 6.10 Å². The van der Waals surface area contributed by atoms with Crippen molar-refractivity contribution in [1.29, 1.82) is 0 Å². The molecular weight excluding hydrogens is 242 g/mol. The van der Waals surface area contributed by atoms with Gasteiger partial charge < -0.3 is 10.1 Å². The van der Waals surface area contributed by atoms with Crippen molar-refractivity contribution in [1.82, 2.24) is 19.6 Å². The average Bonchev–Trinajstić information content (AvgIpc) is 3.03. The highest BCUT2D eigenvalue weighted by molar-refractivity contribution is 5.61. The van der Waals surface area contributed by atoms with E-state index in [1.165, 1.54) is 0 Å². The van der Waals surface area contributed by atoms with Gasteiger partial charge >= 0.3 is 0 Å². The lowest BCUT2D eigenvalue weighted by Gasteiger charge is -2.17. The zero-order valence-electron chi connectivity index (χ0n) is 11.3. The molecule has 3 heterocycles. The molecular formula is C13H19N5O. The topological polar surface area (TPSA) is 64.3 Å². The number of anilines is 1. The molecule has 6 nitrogen and oxygen atoms in total. The van der Waals surface area contributed by atoms with Gasteiger partial charge in [0.1, 0.15) is 5.82 Å². The van der Waals surface area contributed by atoms with E-state index in [9.17, 15) is 0 Å². The van der Waals surface area contributed by atoms with Gasteiger partial charge in [-0.3, -0.25) is 4.40 Å². The van der Waals surface area contributed by atoms with E-state index in [0.29, 0.717) is 12.0 Å². The molecule has 2 atom stereocenters. The third kappa shape index (κ3) is 2.28. The number of rotatable bonds is 4. The van der Waals surface area contributed by atoms with E-state index >= 15 is 0 Å². The molecule has 3 rings (SSSR count). The molecule has 1 saturated heterocycles. The summed E-state index contributed by atoms with van der Waals surface area (Å²) in [5.41, 5.74) is 0.784. The summed E-state index contributed by atoms with van der Waals surface area (Å²) >= 11 is 0. The SMILES string of the molecule is CCC1OCCC1CNc1nccn2c(C)nnc12. The molecule has 2 unspecified atom stereocenters. The normalized spacial score (nSPS) is 23.1. The fourth-order valence-corrected chi connectivity index (χ4v) is 2.67. The number of aryl methyl sites for hydroxylation is 1. The first-order valence-corrected chi connectivity index (χ1v) is 6.81. The van der Waals surface area contributed by atoms with Crippen LogP contribution in [0.1, 0.15) is 25.6 Å². The molecule has 1 aliphatic rings. The summed E-state index contributed by atoms with van der Waals surface area (Å²) < 4.78 is 7.64. The lowest BCUT2D eigenvalue weighted by molar-refractivity contribution is 0.0900. The van der Waals surface area contributed by atoms with Crippen LogP contribution in [-0.2, 0) is 4.74 Å². The van der Waals surface area contributed by atoms with E-state index in [4.69, 9.17) is 4.74 Å². The number of ether oxygens (including phenoxy) is 1. The Kier molecular flexibility index (Phi) is 3.33. The summed E-state index contributed by atoms with van der Waals surface area (Å²) in [6.07, 6.45) is 6.19. The van der Waals surface area contributed by atoms with E-state index in [0.717, 1.165) is 43.3 Å². The lowest BCUT2D eigenvalue weighted by Crippen LogP contribution is -2.23. The molecule has 0 saturated carbocycles. The summed E-state index contributed by atoms with van der Waals surface area (Å²) in [5.74, 6) is 2.22. The second kappa shape index (κ2) is 5.13. The van der Waals surface area contributed by atoms with Gasteiger partial charge in [-0.2, -0.15) is 0 Å². The molecule has 0 spiro atoms. The second-order valence-electron chi connectivity index (χ2n) is 4.96. The number of hydrogen-bond acceptors (Lipinski definition) is 5. The first-order valence-electron chi connectivity index (χ1n) is 6.81. The van der Waals surface area contributed by atoms with Crippen molar-refractivity contribution in [2.75, 3.05) is 18.5 Å². The van der Waals surface area contributed by atoms with Crippen LogP contribution in [0.15, 0.2) is 12.4 Å². The van der Waals surface area contributed by atoms with E-state index in [2.05, 4.69) is 27.4 Å². The molecule has 0 amide bonds. The fourth-order valence-electron chi connectivity index (χ4n) is 2.67. The van der Waals surface area contributed by atoms with Crippen molar-refractivity contribution >= 4 is 11.5 Å². The fraction of sp³-hybridized carbons (Fsp3) is 0.615. The maximum absolute atomic E-state index is 5.70. The molecule has 102 valence electrons. The van der Waals surface area contributed by atoms with E-state index in [1.54, 1.807) is 6.20 Å². The second-order valence-corrected chi connectivity index (χ2v) is 4.96. The monoisotopic (exact) mass is 261 g/mol. The lowest BCUT2D eigenvalue weighted by atomic mass is 10.00. The van der Waals surface area contributed by atoms with Gasteiger partial charge in [-0.15, -0.1) is 10.2 Å². The number of nitrogens with one attached hydrogen (secondary N) is 1. The largest absolute Gasteiger partial charge is 0.378 e. The first kappa shape index (κ1) is 12.3. The third-order valence-electron chi connectivity index (χ3n) is 3.78. The number of nitrogens with zero attached hydrogens (tertiary/aromatic N) is 4. The summed E-state index contributed by atoms with van der Waals surface area (Å²) in [5, 5.41) is 11.6.